The van der Waals surface area contributed by atoms with Crippen molar-refractivity contribution in [3.8, 4) is 0 Å². The van der Waals surface area contributed by atoms with E-state index in [1.807, 2.05) is 12.1 Å². The van der Waals surface area contributed by atoms with Crippen LogP contribution in [-0.4, -0.2) is 27.0 Å². The number of pyridine rings is 1. The van der Waals surface area contributed by atoms with Gasteiger partial charge in [-0.15, -0.1) is 0 Å². The maximum atomic E-state index is 11.8. The zero-order valence-corrected chi connectivity index (χ0v) is 15.8. The lowest BCUT2D eigenvalue weighted by atomic mass is 10.0. The molecule has 5 N–H and O–H groups in total. The van der Waals surface area contributed by atoms with Gasteiger partial charge in [0.05, 0.1) is 5.57 Å². The molecule has 0 fully saturated rings. The zero-order chi connectivity index (χ0) is 21.1. The van der Waals surface area contributed by atoms with Gasteiger partial charge in [0, 0.05) is 28.4 Å². The summed E-state index contributed by atoms with van der Waals surface area (Å²) in [5.74, 6) is -0.876. The van der Waals surface area contributed by atoms with Gasteiger partial charge in [0.25, 0.3) is 0 Å². The number of carboxylic acids is 1. The Bertz CT molecular complexity index is 1260. The third-order valence-corrected chi connectivity index (χ3v) is 4.63. The number of hydrogen-bond acceptors (Lipinski definition) is 4. The van der Waals surface area contributed by atoms with Crippen LogP contribution in [0.1, 0.15) is 21.5 Å². The van der Waals surface area contributed by atoms with Crippen molar-refractivity contribution < 1.29 is 14.7 Å². The third-order valence-electron chi connectivity index (χ3n) is 4.63. The van der Waals surface area contributed by atoms with Crippen LogP contribution in [0.4, 0.5) is 11.5 Å². The summed E-state index contributed by atoms with van der Waals surface area (Å²) in [6, 6.07) is 19.4. The minimum Gasteiger partial charge on any atom is -0.478 e. The molecule has 0 radical (unpaired) electrons. The Labute approximate surface area is 171 Å². The molecule has 0 saturated carbocycles. The van der Waals surface area contributed by atoms with Gasteiger partial charge >= 0.3 is 5.97 Å². The summed E-state index contributed by atoms with van der Waals surface area (Å²) < 4.78 is 0. The van der Waals surface area contributed by atoms with Crippen LogP contribution in [0.15, 0.2) is 72.9 Å². The lowest BCUT2D eigenvalue weighted by Crippen LogP contribution is -2.10. The van der Waals surface area contributed by atoms with Gasteiger partial charge in [-0.2, -0.15) is 0 Å². The fraction of sp³-hybridized carbons (Fsp3) is 0. The molecule has 0 unspecified atom stereocenters. The number of carbonyl (C=O) groups excluding carboxylic acids is 1. The number of nitrogens with zero attached hydrogens (tertiary/aromatic N) is 1. The molecule has 0 aliphatic carbocycles. The first-order valence-corrected chi connectivity index (χ1v) is 9.17. The summed E-state index contributed by atoms with van der Waals surface area (Å²) >= 11 is 0. The van der Waals surface area contributed by atoms with E-state index >= 15 is 0 Å². The third kappa shape index (κ3) is 3.90. The number of nitrogens with one attached hydrogen (secondary N) is 2. The number of nitrogens with two attached hydrogens (primary N) is 1. The Morgan fingerprint density at radius 3 is 2.37 bits per heavy atom. The van der Waals surface area contributed by atoms with Crippen LogP contribution in [0.3, 0.4) is 0 Å². The molecule has 4 aromatic rings. The maximum Gasteiger partial charge on any atom is 0.336 e. The average molecular weight is 398 g/mol. The van der Waals surface area contributed by atoms with E-state index in [2.05, 4.69) is 15.3 Å². The van der Waals surface area contributed by atoms with Gasteiger partial charge < -0.3 is 21.1 Å². The van der Waals surface area contributed by atoms with Crippen LogP contribution in [0, 0.1) is 0 Å². The molecule has 0 aliphatic rings. The standard InChI is InChI=1S/C23H18N4O3/c24-21(28)15-6-8-17(9-7-15)26-20-11-10-18-16(13-25-22(18)27-20)12-19(23(29)30)14-4-2-1-3-5-14/h1-13H,(H2,24,28)(H,29,30)(H2,25,26,27)/b19-12+. The molecule has 0 aliphatic heterocycles. The Morgan fingerprint density at radius 2 is 1.70 bits per heavy atom. The number of carboxylic acid groups (broad SMARTS) is 1. The predicted octanol–water partition coefficient (Wildman–Crippen LogP) is 4.03. The molecule has 2 aromatic heterocycles. The highest BCUT2D eigenvalue weighted by Crippen LogP contribution is 2.25. The second-order valence-corrected chi connectivity index (χ2v) is 6.63. The molecule has 0 atom stereocenters. The van der Waals surface area contributed by atoms with E-state index in [4.69, 9.17) is 5.73 Å². The molecule has 0 saturated heterocycles. The van der Waals surface area contributed by atoms with Crippen molar-refractivity contribution in [2.24, 2.45) is 5.73 Å². The fourth-order valence-electron chi connectivity index (χ4n) is 3.12. The van der Waals surface area contributed by atoms with Crippen molar-refractivity contribution in [1.29, 1.82) is 0 Å². The van der Waals surface area contributed by atoms with Crippen molar-refractivity contribution in [3.63, 3.8) is 0 Å². The van der Waals surface area contributed by atoms with E-state index in [0.717, 1.165) is 16.6 Å². The van der Waals surface area contributed by atoms with Crippen molar-refractivity contribution in [3.05, 3.63) is 89.6 Å². The minimum atomic E-state index is -0.999. The Kier molecular flexibility index (Phi) is 5.00. The number of H-pyrrole nitrogens is 1. The SMILES string of the molecule is NC(=O)c1ccc(Nc2ccc3c(/C=C(/C(=O)O)c4ccccc4)c[nH]c3n2)cc1. The highest BCUT2D eigenvalue weighted by molar-refractivity contribution is 6.21. The van der Waals surface area contributed by atoms with Gasteiger partial charge in [0.15, 0.2) is 0 Å². The van der Waals surface area contributed by atoms with Crippen molar-refractivity contribution >= 4 is 46.1 Å². The lowest BCUT2D eigenvalue weighted by molar-refractivity contribution is -0.130. The fourth-order valence-corrected chi connectivity index (χ4v) is 3.12. The van der Waals surface area contributed by atoms with Crippen molar-refractivity contribution in [2.45, 2.75) is 0 Å². The number of anilines is 2. The number of carbonyl (C=O) groups is 2. The second-order valence-electron chi connectivity index (χ2n) is 6.63. The van der Waals surface area contributed by atoms with Crippen molar-refractivity contribution in [1.82, 2.24) is 9.97 Å². The second kappa shape index (κ2) is 7.92. The number of rotatable bonds is 6. The molecule has 2 aromatic carbocycles. The summed E-state index contributed by atoms with van der Waals surface area (Å²) in [6.45, 7) is 0. The summed E-state index contributed by atoms with van der Waals surface area (Å²) in [5, 5.41) is 13.6. The van der Waals surface area contributed by atoms with Crippen LogP contribution in [0.25, 0.3) is 22.7 Å². The maximum absolute atomic E-state index is 11.8. The van der Waals surface area contributed by atoms with E-state index in [1.165, 1.54) is 0 Å². The van der Waals surface area contributed by atoms with Crippen LogP contribution >= 0.6 is 0 Å². The molecule has 2 heterocycles. The number of aliphatic carboxylic acids is 1. The largest absolute Gasteiger partial charge is 0.478 e. The van der Waals surface area contributed by atoms with Crippen LogP contribution in [0.2, 0.25) is 0 Å². The van der Waals surface area contributed by atoms with E-state index in [0.29, 0.717) is 22.6 Å². The summed E-state index contributed by atoms with van der Waals surface area (Å²) in [5.41, 5.74) is 8.63. The molecule has 4 rings (SSSR count). The number of benzene rings is 2. The highest BCUT2D eigenvalue weighted by atomic mass is 16.4. The monoisotopic (exact) mass is 398 g/mol. The van der Waals surface area contributed by atoms with E-state index in [-0.39, 0.29) is 5.57 Å². The van der Waals surface area contributed by atoms with Crippen molar-refractivity contribution in [2.75, 3.05) is 5.32 Å². The first kappa shape index (κ1) is 18.9. The molecule has 148 valence electrons. The predicted molar refractivity (Wildman–Crippen MR) is 116 cm³/mol. The van der Waals surface area contributed by atoms with Crippen LogP contribution in [0.5, 0.6) is 0 Å². The molecule has 7 heteroatoms. The summed E-state index contributed by atoms with van der Waals surface area (Å²) in [6.07, 6.45) is 3.36. The quantitative estimate of drug-likeness (QED) is 0.365. The first-order valence-electron chi connectivity index (χ1n) is 9.17. The molecule has 30 heavy (non-hydrogen) atoms. The average Bonchev–Trinajstić information content (AvgIpc) is 3.15. The first-order chi connectivity index (χ1) is 14.5. The summed E-state index contributed by atoms with van der Waals surface area (Å²) in [7, 11) is 0. The smallest absolute Gasteiger partial charge is 0.336 e. The van der Waals surface area contributed by atoms with Gasteiger partial charge in [-0.05, 0) is 48.0 Å². The Morgan fingerprint density at radius 1 is 0.967 bits per heavy atom. The molecular weight excluding hydrogens is 380 g/mol. The van der Waals surface area contributed by atoms with Gasteiger partial charge in [0.2, 0.25) is 5.91 Å². The Balaban J connectivity index is 1.63. The molecule has 0 spiro atoms. The molecule has 0 bridgehead atoms. The number of fused-ring (bicyclic) bond motifs is 1. The van der Waals surface area contributed by atoms with Crippen LogP contribution in [-0.2, 0) is 4.79 Å². The van der Waals surface area contributed by atoms with Gasteiger partial charge in [-0.3, -0.25) is 4.79 Å². The van der Waals surface area contributed by atoms with Crippen LogP contribution < -0.4 is 11.1 Å². The van der Waals surface area contributed by atoms with E-state index < -0.39 is 11.9 Å². The molecule has 1 amide bonds. The molecule has 7 nitrogen and oxygen atoms in total. The normalized spacial score (nSPS) is 11.4. The number of amides is 1. The number of aromatic amines is 1. The van der Waals surface area contributed by atoms with Gasteiger partial charge in [0.1, 0.15) is 11.5 Å². The minimum absolute atomic E-state index is 0.202. The van der Waals surface area contributed by atoms with Gasteiger partial charge in [-0.1, -0.05) is 30.3 Å². The highest BCUT2D eigenvalue weighted by Gasteiger charge is 2.12. The Hall–Kier alpha value is -4.39. The van der Waals surface area contributed by atoms with E-state index in [9.17, 15) is 14.7 Å². The lowest BCUT2D eigenvalue weighted by Gasteiger charge is -2.06. The summed E-state index contributed by atoms with van der Waals surface area (Å²) in [4.78, 5) is 30.5. The number of hydrogen-bond donors (Lipinski definition) is 4. The van der Waals surface area contributed by atoms with E-state index in [1.54, 1.807) is 66.9 Å². The molecular formula is C23H18N4O3. The number of primary amides is 1. The topological polar surface area (TPSA) is 121 Å². The zero-order valence-electron chi connectivity index (χ0n) is 15.8. The number of aromatic nitrogens is 2. The van der Waals surface area contributed by atoms with Gasteiger partial charge in [-0.25, -0.2) is 9.78 Å².